The Morgan fingerprint density at radius 2 is 1.83 bits per heavy atom. The van der Waals surface area contributed by atoms with Crippen LogP contribution in [-0.4, -0.2) is 32.8 Å². The van der Waals surface area contributed by atoms with Crippen LogP contribution in [0.1, 0.15) is 18.4 Å². The summed E-state index contributed by atoms with van der Waals surface area (Å²) in [6, 6.07) is 6.18. The first kappa shape index (κ1) is 13.5. The minimum atomic E-state index is -3.47. The highest BCUT2D eigenvalue weighted by atomic mass is 32.2. The molecule has 1 aliphatic rings. The fraction of sp³-hybridized carbons (Fsp3) is 0.500. The van der Waals surface area contributed by atoms with Gasteiger partial charge in [0, 0.05) is 19.3 Å². The summed E-state index contributed by atoms with van der Waals surface area (Å²) in [4.78, 5) is 0.228. The van der Waals surface area contributed by atoms with Crippen LogP contribution < -0.4 is 4.72 Å². The average molecular weight is 271 g/mol. The summed E-state index contributed by atoms with van der Waals surface area (Å²) < 4.78 is 32.0. The largest absolute Gasteiger partial charge is 0.392 e. The number of ether oxygens (including phenoxy) is 1. The van der Waals surface area contributed by atoms with Crippen molar-refractivity contribution in [3.8, 4) is 0 Å². The van der Waals surface area contributed by atoms with E-state index in [1.165, 1.54) is 12.1 Å². The van der Waals surface area contributed by atoms with Crippen molar-refractivity contribution < 1.29 is 18.3 Å². The Kier molecular flexibility index (Phi) is 4.34. The van der Waals surface area contributed by atoms with Gasteiger partial charge < -0.3 is 9.84 Å². The number of rotatable bonds is 4. The lowest BCUT2D eigenvalue weighted by atomic mass is 10.1. The van der Waals surface area contributed by atoms with Crippen molar-refractivity contribution in [3.05, 3.63) is 29.8 Å². The van der Waals surface area contributed by atoms with Gasteiger partial charge in [0.2, 0.25) is 10.0 Å². The van der Waals surface area contributed by atoms with Crippen LogP contribution in [0.5, 0.6) is 0 Å². The molecule has 2 N–H and O–H groups in total. The fourth-order valence-electron chi connectivity index (χ4n) is 1.88. The average Bonchev–Trinajstić information content (AvgIpc) is 2.39. The van der Waals surface area contributed by atoms with Gasteiger partial charge in [0.15, 0.2) is 0 Å². The third kappa shape index (κ3) is 3.29. The van der Waals surface area contributed by atoms with Gasteiger partial charge in [-0.05, 0) is 30.5 Å². The molecule has 6 heteroatoms. The van der Waals surface area contributed by atoms with E-state index in [-0.39, 0.29) is 17.5 Å². The maximum atomic E-state index is 12.1. The maximum Gasteiger partial charge on any atom is 0.240 e. The van der Waals surface area contributed by atoms with Crippen molar-refractivity contribution in [1.29, 1.82) is 0 Å². The SMILES string of the molecule is O=S(=O)(NC1CCOCC1)c1ccc(CO)cc1. The molecule has 0 bridgehead atoms. The van der Waals surface area contributed by atoms with Crippen molar-refractivity contribution in [3.63, 3.8) is 0 Å². The van der Waals surface area contributed by atoms with Gasteiger partial charge in [0.25, 0.3) is 0 Å². The molecule has 18 heavy (non-hydrogen) atoms. The predicted octanol–water partition coefficient (Wildman–Crippen LogP) is 0.636. The Bertz CT molecular complexity index is 477. The van der Waals surface area contributed by atoms with E-state index in [1.54, 1.807) is 12.1 Å². The molecular weight excluding hydrogens is 254 g/mol. The van der Waals surface area contributed by atoms with Crippen LogP contribution in [0.15, 0.2) is 29.2 Å². The van der Waals surface area contributed by atoms with Crippen LogP contribution in [0, 0.1) is 0 Å². The normalized spacial score (nSPS) is 17.8. The lowest BCUT2D eigenvalue weighted by molar-refractivity contribution is 0.0832. The number of benzene rings is 1. The minimum Gasteiger partial charge on any atom is -0.392 e. The molecule has 0 aliphatic carbocycles. The molecular formula is C12H17NO4S. The third-order valence-corrected chi connectivity index (χ3v) is 4.50. The highest BCUT2D eigenvalue weighted by Gasteiger charge is 2.21. The summed E-state index contributed by atoms with van der Waals surface area (Å²) in [5.41, 5.74) is 0.694. The summed E-state index contributed by atoms with van der Waals surface area (Å²) in [5.74, 6) is 0. The predicted molar refractivity (Wildman–Crippen MR) is 66.5 cm³/mol. The van der Waals surface area contributed by atoms with Gasteiger partial charge in [-0.25, -0.2) is 13.1 Å². The minimum absolute atomic E-state index is 0.0544. The second-order valence-corrected chi connectivity index (χ2v) is 6.02. The molecule has 1 heterocycles. The number of nitrogens with one attached hydrogen (secondary N) is 1. The van der Waals surface area contributed by atoms with Crippen LogP contribution >= 0.6 is 0 Å². The second-order valence-electron chi connectivity index (χ2n) is 4.31. The Balaban J connectivity index is 2.08. The second kappa shape index (κ2) is 5.79. The fourth-order valence-corrected chi connectivity index (χ4v) is 3.18. The van der Waals surface area contributed by atoms with Crippen LogP contribution in [0.4, 0.5) is 0 Å². The molecule has 2 rings (SSSR count). The van der Waals surface area contributed by atoms with Gasteiger partial charge >= 0.3 is 0 Å². The van der Waals surface area contributed by atoms with Gasteiger partial charge in [0.05, 0.1) is 11.5 Å². The number of hydrogen-bond acceptors (Lipinski definition) is 4. The van der Waals surface area contributed by atoms with E-state index >= 15 is 0 Å². The van der Waals surface area contributed by atoms with Crippen molar-refractivity contribution in [2.45, 2.75) is 30.4 Å². The zero-order chi connectivity index (χ0) is 13.0. The highest BCUT2D eigenvalue weighted by Crippen LogP contribution is 2.14. The summed E-state index contributed by atoms with van der Waals surface area (Å²) >= 11 is 0. The Morgan fingerprint density at radius 3 is 2.39 bits per heavy atom. The molecule has 1 aromatic rings. The van der Waals surface area contributed by atoms with Crippen molar-refractivity contribution >= 4 is 10.0 Å². The van der Waals surface area contributed by atoms with E-state index in [0.717, 1.165) is 0 Å². The molecule has 1 aliphatic heterocycles. The summed E-state index contributed by atoms with van der Waals surface area (Å²) in [5, 5.41) is 8.91. The Hall–Kier alpha value is -0.950. The molecule has 1 fully saturated rings. The molecule has 0 atom stereocenters. The van der Waals surface area contributed by atoms with Crippen LogP contribution in [-0.2, 0) is 21.4 Å². The van der Waals surface area contributed by atoms with Crippen molar-refractivity contribution in [1.82, 2.24) is 4.72 Å². The van der Waals surface area contributed by atoms with Gasteiger partial charge in [-0.15, -0.1) is 0 Å². The Labute approximate surface area is 107 Å². The number of aliphatic hydroxyl groups is 1. The van der Waals surface area contributed by atoms with E-state index < -0.39 is 10.0 Å². The molecule has 1 saturated heterocycles. The zero-order valence-electron chi connectivity index (χ0n) is 10.0. The van der Waals surface area contributed by atoms with Gasteiger partial charge in [-0.1, -0.05) is 12.1 Å². The molecule has 0 saturated carbocycles. The van der Waals surface area contributed by atoms with E-state index in [1.807, 2.05) is 0 Å². The van der Waals surface area contributed by atoms with Crippen LogP contribution in [0.25, 0.3) is 0 Å². The first-order chi connectivity index (χ1) is 8.62. The first-order valence-corrected chi connectivity index (χ1v) is 7.40. The van der Waals surface area contributed by atoms with Gasteiger partial charge in [-0.2, -0.15) is 0 Å². The molecule has 0 amide bonds. The molecule has 0 unspecified atom stereocenters. The lowest BCUT2D eigenvalue weighted by Gasteiger charge is -2.22. The monoisotopic (exact) mass is 271 g/mol. The molecule has 5 nitrogen and oxygen atoms in total. The standard InChI is InChI=1S/C12H17NO4S/c14-9-10-1-3-12(4-2-10)18(15,16)13-11-5-7-17-8-6-11/h1-4,11,13-14H,5-9H2. The maximum absolute atomic E-state index is 12.1. The van der Waals surface area contributed by atoms with E-state index in [4.69, 9.17) is 9.84 Å². The third-order valence-electron chi connectivity index (χ3n) is 2.96. The van der Waals surface area contributed by atoms with Gasteiger partial charge in [0.1, 0.15) is 0 Å². The van der Waals surface area contributed by atoms with E-state index in [2.05, 4.69) is 4.72 Å². The summed E-state index contributed by atoms with van der Waals surface area (Å²) in [7, 11) is -3.47. The van der Waals surface area contributed by atoms with E-state index in [0.29, 0.717) is 31.6 Å². The van der Waals surface area contributed by atoms with Gasteiger partial charge in [-0.3, -0.25) is 0 Å². The van der Waals surface area contributed by atoms with Crippen LogP contribution in [0.2, 0.25) is 0 Å². The van der Waals surface area contributed by atoms with Crippen molar-refractivity contribution in [2.24, 2.45) is 0 Å². The molecule has 1 aromatic carbocycles. The topological polar surface area (TPSA) is 75.6 Å². The van der Waals surface area contributed by atoms with Crippen LogP contribution in [0.3, 0.4) is 0 Å². The smallest absolute Gasteiger partial charge is 0.240 e. The van der Waals surface area contributed by atoms with Crippen molar-refractivity contribution in [2.75, 3.05) is 13.2 Å². The Morgan fingerprint density at radius 1 is 1.22 bits per heavy atom. The number of sulfonamides is 1. The molecule has 0 radical (unpaired) electrons. The molecule has 100 valence electrons. The summed E-state index contributed by atoms with van der Waals surface area (Å²) in [6.07, 6.45) is 1.40. The highest BCUT2D eigenvalue weighted by molar-refractivity contribution is 7.89. The summed E-state index contributed by atoms with van der Waals surface area (Å²) in [6.45, 7) is 1.10. The zero-order valence-corrected chi connectivity index (χ0v) is 10.8. The quantitative estimate of drug-likeness (QED) is 0.842. The molecule has 0 aromatic heterocycles. The molecule has 0 spiro atoms. The number of hydrogen-bond donors (Lipinski definition) is 2. The number of aliphatic hydroxyl groups excluding tert-OH is 1. The first-order valence-electron chi connectivity index (χ1n) is 5.92. The van der Waals surface area contributed by atoms with E-state index in [9.17, 15) is 8.42 Å². The lowest BCUT2D eigenvalue weighted by Crippen LogP contribution is -2.38.